The predicted molar refractivity (Wildman–Crippen MR) is 117 cm³/mol. The van der Waals surface area contributed by atoms with Crippen molar-refractivity contribution >= 4 is 5.96 Å². The topological polar surface area (TPSA) is 67.1 Å². The third-order valence-corrected chi connectivity index (χ3v) is 4.91. The highest BCUT2D eigenvalue weighted by atomic mass is 15.3. The number of hydrogen-bond donors (Lipinski definition) is 2. The second-order valence-electron chi connectivity index (χ2n) is 8.29. The molecule has 0 amide bonds. The number of aliphatic imine (C=N–C) groups is 1. The lowest BCUT2D eigenvalue weighted by atomic mass is 9.86. The number of aryl methyl sites for hydroxylation is 1. The number of nitrogens with one attached hydrogen (secondary N) is 2. The molecular formula is C22H36N6. The van der Waals surface area contributed by atoms with Gasteiger partial charge in [0.05, 0.1) is 0 Å². The van der Waals surface area contributed by atoms with Crippen molar-refractivity contribution in [1.82, 2.24) is 25.4 Å². The van der Waals surface area contributed by atoms with Gasteiger partial charge in [0.15, 0.2) is 11.8 Å². The number of rotatable bonds is 8. The molecule has 0 saturated carbocycles. The van der Waals surface area contributed by atoms with E-state index < -0.39 is 0 Å². The van der Waals surface area contributed by atoms with Crippen LogP contribution in [0.15, 0.2) is 29.3 Å². The fourth-order valence-electron chi connectivity index (χ4n) is 2.79. The lowest BCUT2D eigenvalue weighted by Gasteiger charge is -2.19. The normalized spacial score (nSPS) is 12.3. The van der Waals surface area contributed by atoms with Crippen LogP contribution in [0.2, 0.25) is 0 Å². The molecule has 1 heterocycles. The summed E-state index contributed by atoms with van der Waals surface area (Å²) in [5.41, 5.74) is 2.89. The van der Waals surface area contributed by atoms with Crippen LogP contribution in [0, 0.1) is 6.92 Å². The number of hydrogen-bond acceptors (Lipinski definition) is 3. The van der Waals surface area contributed by atoms with Crippen LogP contribution in [0.4, 0.5) is 0 Å². The average Bonchev–Trinajstić information content (AvgIpc) is 2.97. The predicted octanol–water partition coefficient (Wildman–Crippen LogP) is 3.50. The van der Waals surface area contributed by atoms with Gasteiger partial charge in [-0.25, -0.2) is 4.99 Å². The Morgan fingerprint density at radius 3 is 2.32 bits per heavy atom. The highest BCUT2D eigenvalue weighted by Gasteiger charge is 2.12. The van der Waals surface area contributed by atoms with Crippen molar-refractivity contribution in [3.63, 3.8) is 0 Å². The van der Waals surface area contributed by atoms with Crippen molar-refractivity contribution in [2.24, 2.45) is 12.0 Å². The molecule has 0 fully saturated rings. The fourth-order valence-corrected chi connectivity index (χ4v) is 2.79. The standard InChI is InChI=1S/C22H36N6/c1-7-8-14-23-21(25-16-20-27-26-17(2)28(20)6)24-15-13-18-9-11-19(12-10-18)22(3,4)5/h9-12H,7-8,13-16H2,1-6H3,(H2,23,24,25). The molecule has 1 aromatic carbocycles. The lowest BCUT2D eigenvalue weighted by Crippen LogP contribution is -2.39. The summed E-state index contributed by atoms with van der Waals surface area (Å²) in [4.78, 5) is 4.69. The Balaban J connectivity index is 1.92. The number of guanidine groups is 1. The van der Waals surface area contributed by atoms with E-state index in [-0.39, 0.29) is 5.41 Å². The molecule has 6 nitrogen and oxygen atoms in total. The van der Waals surface area contributed by atoms with Crippen LogP contribution in [-0.4, -0.2) is 33.8 Å². The molecule has 2 rings (SSSR count). The number of benzene rings is 1. The summed E-state index contributed by atoms with van der Waals surface area (Å²) in [6.45, 7) is 13.1. The van der Waals surface area contributed by atoms with Crippen molar-refractivity contribution in [3.05, 3.63) is 47.0 Å². The van der Waals surface area contributed by atoms with E-state index in [4.69, 9.17) is 0 Å². The zero-order valence-electron chi connectivity index (χ0n) is 18.3. The Labute approximate surface area is 169 Å². The van der Waals surface area contributed by atoms with Crippen molar-refractivity contribution in [3.8, 4) is 0 Å². The van der Waals surface area contributed by atoms with Gasteiger partial charge in [0.1, 0.15) is 12.4 Å². The Bertz CT molecular complexity index is 752. The molecule has 154 valence electrons. The molecule has 1 aromatic heterocycles. The number of aromatic nitrogens is 3. The lowest BCUT2D eigenvalue weighted by molar-refractivity contribution is 0.590. The summed E-state index contributed by atoms with van der Waals surface area (Å²) < 4.78 is 1.98. The Hall–Kier alpha value is -2.37. The van der Waals surface area contributed by atoms with E-state index in [2.05, 4.69) is 77.8 Å². The largest absolute Gasteiger partial charge is 0.356 e. The van der Waals surface area contributed by atoms with Crippen molar-refractivity contribution in [1.29, 1.82) is 0 Å². The van der Waals surface area contributed by atoms with Crippen LogP contribution in [0.3, 0.4) is 0 Å². The van der Waals surface area contributed by atoms with Gasteiger partial charge in [-0.1, -0.05) is 58.4 Å². The van der Waals surface area contributed by atoms with Gasteiger partial charge in [0.2, 0.25) is 0 Å². The van der Waals surface area contributed by atoms with Gasteiger partial charge < -0.3 is 15.2 Å². The molecule has 2 N–H and O–H groups in total. The van der Waals surface area contributed by atoms with Crippen molar-refractivity contribution in [2.45, 2.75) is 65.8 Å². The average molecular weight is 385 g/mol. The van der Waals surface area contributed by atoms with Gasteiger partial charge in [-0.15, -0.1) is 10.2 Å². The Kier molecular flexibility index (Phi) is 8.03. The molecule has 0 saturated heterocycles. The smallest absolute Gasteiger partial charge is 0.191 e. The summed E-state index contributed by atoms with van der Waals surface area (Å²) in [6, 6.07) is 8.93. The zero-order chi connectivity index (χ0) is 20.6. The fraction of sp³-hybridized carbons (Fsp3) is 0.591. The third-order valence-electron chi connectivity index (χ3n) is 4.91. The first-order valence-electron chi connectivity index (χ1n) is 10.3. The molecule has 0 aliphatic rings. The molecule has 0 aliphatic carbocycles. The minimum Gasteiger partial charge on any atom is -0.356 e. The molecule has 0 aliphatic heterocycles. The summed E-state index contributed by atoms with van der Waals surface area (Å²) >= 11 is 0. The van der Waals surface area contributed by atoms with Crippen LogP contribution >= 0.6 is 0 Å². The van der Waals surface area contributed by atoms with E-state index in [1.54, 1.807) is 0 Å². The highest BCUT2D eigenvalue weighted by molar-refractivity contribution is 5.79. The monoisotopic (exact) mass is 384 g/mol. The SMILES string of the molecule is CCCCNC(=NCc1nnc(C)n1C)NCCc1ccc(C(C)(C)C)cc1. The number of nitrogens with zero attached hydrogens (tertiary/aromatic N) is 4. The van der Waals surface area contributed by atoms with Gasteiger partial charge in [-0.2, -0.15) is 0 Å². The molecule has 28 heavy (non-hydrogen) atoms. The summed E-state index contributed by atoms with van der Waals surface area (Å²) in [5, 5.41) is 15.2. The maximum atomic E-state index is 4.69. The second kappa shape index (κ2) is 10.2. The van der Waals surface area contributed by atoms with Crippen LogP contribution in [-0.2, 0) is 25.4 Å². The molecule has 0 unspecified atom stereocenters. The molecular weight excluding hydrogens is 348 g/mol. The first-order valence-corrected chi connectivity index (χ1v) is 10.3. The molecule has 2 aromatic rings. The molecule has 0 spiro atoms. The van der Waals surface area contributed by atoms with Gasteiger partial charge in [0.25, 0.3) is 0 Å². The van der Waals surface area contributed by atoms with Gasteiger partial charge in [0, 0.05) is 20.1 Å². The zero-order valence-corrected chi connectivity index (χ0v) is 18.3. The van der Waals surface area contributed by atoms with E-state index in [1.807, 2.05) is 18.5 Å². The van der Waals surface area contributed by atoms with Gasteiger partial charge in [-0.3, -0.25) is 0 Å². The molecule has 0 atom stereocenters. The summed E-state index contributed by atoms with van der Waals surface area (Å²) in [6.07, 6.45) is 3.24. The molecule has 0 bridgehead atoms. The third kappa shape index (κ3) is 6.66. The summed E-state index contributed by atoms with van der Waals surface area (Å²) in [5.74, 6) is 2.60. The van der Waals surface area contributed by atoms with Gasteiger partial charge in [-0.05, 0) is 36.3 Å². The van der Waals surface area contributed by atoms with E-state index in [0.717, 1.165) is 50.0 Å². The summed E-state index contributed by atoms with van der Waals surface area (Å²) in [7, 11) is 1.97. The van der Waals surface area contributed by atoms with Crippen molar-refractivity contribution in [2.75, 3.05) is 13.1 Å². The van der Waals surface area contributed by atoms with E-state index in [0.29, 0.717) is 6.54 Å². The number of unbranched alkanes of at least 4 members (excludes halogenated alkanes) is 1. The first-order chi connectivity index (χ1) is 13.3. The molecule has 0 radical (unpaired) electrons. The van der Waals surface area contributed by atoms with Crippen LogP contribution < -0.4 is 10.6 Å². The minimum atomic E-state index is 0.192. The highest BCUT2D eigenvalue weighted by Crippen LogP contribution is 2.22. The van der Waals surface area contributed by atoms with Crippen LogP contribution in [0.25, 0.3) is 0 Å². The second-order valence-corrected chi connectivity index (χ2v) is 8.29. The van der Waals surface area contributed by atoms with E-state index in [1.165, 1.54) is 11.1 Å². The Morgan fingerprint density at radius 2 is 1.75 bits per heavy atom. The van der Waals surface area contributed by atoms with Crippen LogP contribution in [0.5, 0.6) is 0 Å². The first kappa shape index (κ1) is 21.9. The minimum absolute atomic E-state index is 0.192. The molecule has 6 heteroatoms. The maximum Gasteiger partial charge on any atom is 0.191 e. The maximum absolute atomic E-state index is 4.69. The quantitative estimate of drug-likeness (QED) is 0.415. The van der Waals surface area contributed by atoms with E-state index in [9.17, 15) is 0 Å². The van der Waals surface area contributed by atoms with E-state index >= 15 is 0 Å². The van der Waals surface area contributed by atoms with Crippen LogP contribution in [0.1, 0.15) is 63.3 Å². The Morgan fingerprint density at radius 1 is 1.07 bits per heavy atom. The van der Waals surface area contributed by atoms with Crippen molar-refractivity contribution < 1.29 is 0 Å². The van der Waals surface area contributed by atoms with Gasteiger partial charge >= 0.3 is 0 Å².